The topological polar surface area (TPSA) is 47.3 Å². The summed E-state index contributed by atoms with van der Waals surface area (Å²) in [7, 11) is 0. The molecule has 0 bridgehead atoms. The first-order valence-corrected chi connectivity index (χ1v) is 6.74. The lowest BCUT2D eigenvalue weighted by Crippen LogP contribution is -1.98. The molecular formula is C17H16N2O2. The maximum atomic E-state index is 9.83. The minimum absolute atomic E-state index is 0.115. The van der Waals surface area contributed by atoms with E-state index in [1.165, 1.54) is 0 Å². The Hall–Kier alpha value is -2.75. The maximum absolute atomic E-state index is 9.83. The monoisotopic (exact) mass is 280 g/mol. The second kappa shape index (κ2) is 5.32. The standard InChI is InChI=1S/C17H16N2O2/c1-12-17(21-16-11-7-6-10-15(16)20)13(2)19(18-12)14-8-4-3-5-9-14/h3-11,20H,1-2H3. The number of aryl methyl sites for hydroxylation is 1. The summed E-state index contributed by atoms with van der Waals surface area (Å²) >= 11 is 0. The van der Waals surface area contributed by atoms with Gasteiger partial charge in [-0.1, -0.05) is 30.3 Å². The fraction of sp³-hybridized carbons (Fsp3) is 0.118. The SMILES string of the molecule is Cc1nn(-c2ccccc2)c(C)c1Oc1ccccc1O. The second-order valence-electron chi connectivity index (χ2n) is 4.82. The van der Waals surface area contributed by atoms with Crippen molar-refractivity contribution in [2.45, 2.75) is 13.8 Å². The van der Waals surface area contributed by atoms with Gasteiger partial charge in [0.25, 0.3) is 0 Å². The number of benzene rings is 2. The lowest BCUT2D eigenvalue weighted by Gasteiger charge is -2.08. The van der Waals surface area contributed by atoms with Crippen molar-refractivity contribution >= 4 is 0 Å². The van der Waals surface area contributed by atoms with E-state index in [0.717, 1.165) is 17.1 Å². The first kappa shape index (κ1) is 13.2. The number of hydrogen-bond donors (Lipinski definition) is 1. The summed E-state index contributed by atoms with van der Waals surface area (Å²) in [5, 5.41) is 14.3. The molecule has 4 heteroatoms. The minimum atomic E-state index is 0.115. The molecule has 0 aliphatic carbocycles. The highest BCUT2D eigenvalue weighted by Crippen LogP contribution is 2.34. The highest BCUT2D eigenvalue weighted by atomic mass is 16.5. The van der Waals surface area contributed by atoms with Crippen LogP contribution in [0, 0.1) is 13.8 Å². The highest BCUT2D eigenvalue weighted by molar-refractivity contribution is 5.46. The number of rotatable bonds is 3. The van der Waals surface area contributed by atoms with Gasteiger partial charge in [0.1, 0.15) is 5.69 Å². The third kappa shape index (κ3) is 2.48. The summed E-state index contributed by atoms with van der Waals surface area (Å²) in [5.41, 5.74) is 2.65. The van der Waals surface area contributed by atoms with Gasteiger partial charge in [-0.3, -0.25) is 0 Å². The molecule has 0 saturated carbocycles. The molecule has 1 heterocycles. The molecule has 0 radical (unpaired) electrons. The largest absolute Gasteiger partial charge is 0.504 e. The lowest BCUT2D eigenvalue weighted by molar-refractivity contribution is 0.408. The van der Waals surface area contributed by atoms with Crippen molar-refractivity contribution in [3.05, 3.63) is 66.0 Å². The molecular weight excluding hydrogens is 264 g/mol. The molecule has 0 aliphatic rings. The molecule has 1 N–H and O–H groups in total. The number of aromatic nitrogens is 2. The van der Waals surface area contributed by atoms with E-state index in [4.69, 9.17) is 4.74 Å². The van der Waals surface area contributed by atoms with E-state index < -0.39 is 0 Å². The maximum Gasteiger partial charge on any atom is 0.171 e. The Morgan fingerprint density at radius 2 is 1.62 bits per heavy atom. The number of phenols is 1. The molecule has 4 nitrogen and oxygen atoms in total. The molecule has 2 aromatic carbocycles. The van der Waals surface area contributed by atoms with Crippen LogP contribution in [0.1, 0.15) is 11.4 Å². The van der Waals surface area contributed by atoms with Crippen molar-refractivity contribution in [3.8, 4) is 22.9 Å². The van der Waals surface area contributed by atoms with E-state index in [1.807, 2.05) is 54.9 Å². The van der Waals surface area contributed by atoms with Crippen LogP contribution in [0.25, 0.3) is 5.69 Å². The van der Waals surface area contributed by atoms with Gasteiger partial charge in [-0.25, -0.2) is 4.68 Å². The van der Waals surface area contributed by atoms with Crippen LogP contribution in [-0.2, 0) is 0 Å². The van der Waals surface area contributed by atoms with Crippen LogP contribution in [0.4, 0.5) is 0 Å². The molecule has 1 aromatic heterocycles. The average molecular weight is 280 g/mol. The zero-order valence-corrected chi connectivity index (χ0v) is 11.9. The van der Waals surface area contributed by atoms with Crippen LogP contribution in [0.15, 0.2) is 54.6 Å². The van der Waals surface area contributed by atoms with Crippen LogP contribution in [0.5, 0.6) is 17.2 Å². The fourth-order valence-electron chi connectivity index (χ4n) is 2.25. The van der Waals surface area contributed by atoms with E-state index in [2.05, 4.69) is 5.10 Å². The molecule has 0 saturated heterocycles. The van der Waals surface area contributed by atoms with Crippen LogP contribution < -0.4 is 4.74 Å². The molecule has 0 atom stereocenters. The summed E-state index contributed by atoms with van der Waals surface area (Å²) in [6, 6.07) is 16.8. The van der Waals surface area contributed by atoms with Crippen molar-refractivity contribution in [2.75, 3.05) is 0 Å². The molecule has 0 unspecified atom stereocenters. The Kier molecular flexibility index (Phi) is 3.36. The van der Waals surface area contributed by atoms with Gasteiger partial charge in [-0.05, 0) is 38.1 Å². The predicted octanol–water partition coefficient (Wildman–Crippen LogP) is 3.99. The number of aromatic hydroxyl groups is 1. The molecule has 21 heavy (non-hydrogen) atoms. The van der Waals surface area contributed by atoms with Gasteiger partial charge in [0, 0.05) is 0 Å². The normalized spacial score (nSPS) is 10.6. The quantitative estimate of drug-likeness (QED) is 0.789. The van der Waals surface area contributed by atoms with Gasteiger partial charge in [0.15, 0.2) is 17.2 Å². The van der Waals surface area contributed by atoms with Gasteiger partial charge >= 0.3 is 0 Å². The van der Waals surface area contributed by atoms with Gasteiger partial charge in [0.05, 0.1) is 11.4 Å². The van der Waals surface area contributed by atoms with Gasteiger partial charge in [-0.15, -0.1) is 0 Å². The number of para-hydroxylation sites is 3. The zero-order valence-electron chi connectivity index (χ0n) is 11.9. The van der Waals surface area contributed by atoms with Crippen molar-refractivity contribution in [1.82, 2.24) is 9.78 Å². The number of nitrogens with zero attached hydrogens (tertiary/aromatic N) is 2. The smallest absolute Gasteiger partial charge is 0.171 e. The van der Waals surface area contributed by atoms with E-state index in [-0.39, 0.29) is 5.75 Å². The summed E-state index contributed by atoms with van der Waals surface area (Å²) < 4.78 is 7.68. The lowest BCUT2D eigenvalue weighted by atomic mass is 10.3. The van der Waals surface area contributed by atoms with Crippen LogP contribution in [-0.4, -0.2) is 14.9 Å². The second-order valence-corrected chi connectivity index (χ2v) is 4.82. The van der Waals surface area contributed by atoms with E-state index in [9.17, 15) is 5.11 Å². The first-order valence-electron chi connectivity index (χ1n) is 6.74. The number of ether oxygens (including phenoxy) is 1. The van der Waals surface area contributed by atoms with Crippen molar-refractivity contribution in [3.63, 3.8) is 0 Å². The Morgan fingerprint density at radius 1 is 0.952 bits per heavy atom. The van der Waals surface area contributed by atoms with Gasteiger partial charge in [0.2, 0.25) is 0 Å². The van der Waals surface area contributed by atoms with Crippen molar-refractivity contribution in [1.29, 1.82) is 0 Å². The molecule has 3 aromatic rings. The average Bonchev–Trinajstić information content (AvgIpc) is 2.78. The zero-order chi connectivity index (χ0) is 14.8. The van der Waals surface area contributed by atoms with Crippen LogP contribution in [0.3, 0.4) is 0 Å². The molecule has 0 fully saturated rings. The van der Waals surface area contributed by atoms with E-state index >= 15 is 0 Å². The third-order valence-corrected chi connectivity index (χ3v) is 3.30. The number of phenolic OH excluding ortho intramolecular Hbond substituents is 1. The van der Waals surface area contributed by atoms with Crippen molar-refractivity contribution < 1.29 is 9.84 Å². The van der Waals surface area contributed by atoms with Crippen molar-refractivity contribution in [2.24, 2.45) is 0 Å². The predicted molar refractivity (Wildman–Crippen MR) is 81.2 cm³/mol. The Bertz CT molecular complexity index is 764. The Balaban J connectivity index is 2.01. The third-order valence-electron chi connectivity index (χ3n) is 3.30. The van der Waals surface area contributed by atoms with Gasteiger partial charge < -0.3 is 9.84 Å². The fourth-order valence-corrected chi connectivity index (χ4v) is 2.25. The molecule has 0 spiro atoms. The molecule has 0 aliphatic heterocycles. The molecule has 3 rings (SSSR count). The summed E-state index contributed by atoms with van der Waals surface area (Å²) in [6.07, 6.45) is 0. The van der Waals surface area contributed by atoms with E-state index in [1.54, 1.807) is 18.2 Å². The summed E-state index contributed by atoms with van der Waals surface area (Å²) in [6.45, 7) is 3.84. The van der Waals surface area contributed by atoms with E-state index in [0.29, 0.717) is 11.5 Å². The Labute approximate surface area is 123 Å². The minimum Gasteiger partial charge on any atom is -0.504 e. The van der Waals surface area contributed by atoms with Crippen LogP contribution >= 0.6 is 0 Å². The van der Waals surface area contributed by atoms with Crippen LogP contribution in [0.2, 0.25) is 0 Å². The molecule has 106 valence electrons. The first-order chi connectivity index (χ1) is 10.2. The highest BCUT2D eigenvalue weighted by Gasteiger charge is 2.16. The summed E-state index contributed by atoms with van der Waals surface area (Å²) in [4.78, 5) is 0. The van der Waals surface area contributed by atoms with Gasteiger partial charge in [-0.2, -0.15) is 5.10 Å². The Morgan fingerprint density at radius 3 is 2.33 bits per heavy atom. The number of hydrogen-bond acceptors (Lipinski definition) is 3. The summed E-state index contributed by atoms with van der Waals surface area (Å²) in [5.74, 6) is 1.21. The molecule has 0 amide bonds.